The fourth-order valence-corrected chi connectivity index (χ4v) is 5.21. The second-order valence-electron chi connectivity index (χ2n) is 9.10. The zero-order chi connectivity index (χ0) is 23.8. The normalized spacial score (nSPS) is 20.8. The van der Waals surface area contributed by atoms with Crippen LogP contribution in [0, 0.1) is 0 Å². The van der Waals surface area contributed by atoms with Crippen molar-refractivity contribution < 1.29 is 14.8 Å². The van der Waals surface area contributed by atoms with E-state index in [0.717, 1.165) is 32.1 Å². The number of nitrogens with one attached hydrogen (secondary N) is 1. The van der Waals surface area contributed by atoms with Crippen LogP contribution in [0.1, 0.15) is 46.0 Å². The van der Waals surface area contributed by atoms with Gasteiger partial charge in [-0.15, -0.1) is 0 Å². The third kappa shape index (κ3) is 4.63. The number of rotatable bonds is 4. The number of anilines is 2. The van der Waals surface area contributed by atoms with Crippen molar-refractivity contribution in [2.24, 2.45) is 0 Å². The van der Waals surface area contributed by atoms with Crippen molar-refractivity contribution in [3.05, 3.63) is 58.6 Å². The summed E-state index contributed by atoms with van der Waals surface area (Å²) in [5, 5.41) is 15.5. The van der Waals surface area contributed by atoms with E-state index in [1.165, 1.54) is 4.90 Å². The average Bonchev–Trinajstić information content (AvgIpc) is 3.00. The smallest absolute Gasteiger partial charge is 0.312 e. The first-order chi connectivity index (χ1) is 15.7. The zero-order valence-electron chi connectivity index (χ0n) is 18.7. The number of nitrogens with zero attached hydrogens (tertiary/aromatic N) is 3. The summed E-state index contributed by atoms with van der Waals surface area (Å²) in [4.78, 5) is 30.1. The summed E-state index contributed by atoms with van der Waals surface area (Å²) in [6, 6.07) is 12.5. The first-order valence-electron chi connectivity index (χ1n) is 11.1. The molecule has 2 aromatic rings. The molecule has 0 aromatic heterocycles. The van der Waals surface area contributed by atoms with Gasteiger partial charge in [0.05, 0.1) is 5.54 Å². The Morgan fingerprint density at radius 2 is 1.55 bits per heavy atom. The predicted molar refractivity (Wildman–Crippen MR) is 130 cm³/mol. The van der Waals surface area contributed by atoms with E-state index in [1.54, 1.807) is 48.5 Å². The van der Waals surface area contributed by atoms with E-state index >= 15 is 0 Å². The molecule has 1 aliphatic carbocycles. The van der Waals surface area contributed by atoms with E-state index in [4.69, 9.17) is 23.2 Å². The lowest BCUT2D eigenvalue weighted by atomic mass is 9.90. The quantitative estimate of drug-likeness (QED) is 0.374. The molecule has 1 atom stereocenters. The van der Waals surface area contributed by atoms with Crippen LogP contribution in [0.4, 0.5) is 21.0 Å². The summed E-state index contributed by atoms with van der Waals surface area (Å²) in [5.74, 6) is 0. The molecule has 4 amide bonds. The zero-order valence-corrected chi connectivity index (χ0v) is 20.2. The van der Waals surface area contributed by atoms with Crippen molar-refractivity contribution in [1.29, 1.82) is 0 Å². The minimum atomic E-state index is -0.958. The Balaban J connectivity index is 1.69. The highest BCUT2D eigenvalue weighted by atomic mass is 35.5. The predicted octanol–water partition coefficient (Wildman–Crippen LogP) is 6.60. The topological polar surface area (TPSA) is 76.1 Å². The maximum Gasteiger partial charge on any atom is 0.347 e. The molecule has 2 aromatic carbocycles. The molecule has 0 spiro atoms. The Morgan fingerprint density at radius 1 is 1.00 bits per heavy atom. The summed E-state index contributed by atoms with van der Waals surface area (Å²) in [5.41, 5.74) is 0.178. The van der Waals surface area contributed by atoms with Crippen molar-refractivity contribution in [1.82, 2.24) is 9.96 Å². The molecule has 2 fully saturated rings. The molecular weight excluding hydrogens is 463 g/mol. The molecular formula is C24H28Cl2N4O3. The van der Waals surface area contributed by atoms with Gasteiger partial charge in [-0.3, -0.25) is 10.1 Å². The van der Waals surface area contributed by atoms with Crippen LogP contribution < -0.4 is 10.2 Å². The van der Waals surface area contributed by atoms with Gasteiger partial charge in [0.2, 0.25) is 0 Å². The van der Waals surface area contributed by atoms with Gasteiger partial charge in [0.1, 0.15) is 0 Å². The number of carbonyl (C=O) groups is 2. The van der Waals surface area contributed by atoms with E-state index in [2.05, 4.69) is 5.32 Å². The van der Waals surface area contributed by atoms with Gasteiger partial charge in [-0.25, -0.2) is 9.59 Å². The maximum absolute atomic E-state index is 13.8. The molecule has 1 saturated carbocycles. The largest absolute Gasteiger partial charge is 0.347 e. The standard InChI is InChI=1S/C24H28Cl2N4O3/c1-24(2)21(30(33)22(31)27-18-12-8-16(25)9-13-18)28(19-14-10-17(26)11-15-19)23(32)29(24)20-6-4-3-5-7-20/h8-15,20-21,33H,3-7H2,1-2H3,(H,27,31)/t21-/m1/s1. The van der Waals surface area contributed by atoms with Gasteiger partial charge in [-0.05, 0) is 75.2 Å². The highest BCUT2D eigenvalue weighted by molar-refractivity contribution is 6.31. The Bertz CT molecular complexity index is 1010. The second-order valence-corrected chi connectivity index (χ2v) is 9.97. The first-order valence-corrected chi connectivity index (χ1v) is 11.9. The molecule has 0 unspecified atom stereocenters. The van der Waals surface area contributed by atoms with Crippen molar-refractivity contribution >= 4 is 46.6 Å². The van der Waals surface area contributed by atoms with Gasteiger partial charge in [0, 0.05) is 27.5 Å². The highest BCUT2D eigenvalue weighted by Crippen LogP contribution is 2.42. The van der Waals surface area contributed by atoms with Gasteiger partial charge in [0.15, 0.2) is 6.17 Å². The Morgan fingerprint density at radius 3 is 2.12 bits per heavy atom. The van der Waals surface area contributed by atoms with Gasteiger partial charge in [0.25, 0.3) is 0 Å². The summed E-state index contributed by atoms with van der Waals surface area (Å²) in [6.45, 7) is 3.78. The van der Waals surface area contributed by atoms with Gasteiger partial charge < -0.3 is 10.2 Å². The first kappa shape index (κ1) is 23.7. The third-order valence-corrected chi connectivity index (χ3v) is 6.99. The third-order valence-electron chi connectivity index (χ3n) is 6.49. The minimum Gasteiger partial charge on any atom is -0.312 e. The minimum absolute atomic E-state index is 0.0498. The number of halogens is 2. The summed E-state index contributed by atoms with van der Waals surface area (Å²) >= 11 is 12.0. The van der Waals surface area contributed by atoms with E-state index in [1.807, 2.05) is 18.7 Å². The van der Waals surface area contributed by atoms with Crippen LogP contribution in [0.3, 0.4) is 0 Å². The van der Waals surface area contributed by atoms with Crippen LogP contribution in [-0.2, 0) is 0 Å². The van der Waals surface area contributed by atoms with Crippen molar-refractivity contribution in [3.8, 4) is 0 Å². The number of hydroxylamine groups is 2. The molecule has 1 heterocycles. The molecule has 4 rings (SSSR count). The number of carbonyl (C=O) groups excluding carboxylic acids is 2. The molecule has 0 radical (unpaired) electrons. The molecule has 1 saturated heterocycles. The maximum atomic E-state index is 13.8. The number of hydrogen-bond donors (Lipinski definition) is 2. The Hall–Kier alpha value is -2.48. The van der Waals surface area contributed by atoms with Crippen LogP contribution in [-0.4, -0.2) is 45.0 Å². The van der Waals surface area contributed by atoms with Gasteiger partial charge in [-0.2, -0.15) is 5.06 Å². The summed E-state index contributed by atoms with van der Waals surface area (Å²) < 4.78 is 0. The summed E-state index contributed by atoms with van der Waals surface area (Å²) in [7, 11) is 0. The lowest BCUT2D eigenvalue weighted by Crippen LogP contribution is -2.59. The van der Waals surface area contributed by atoms with Gasteiger partial charge >= 0.3 is 12.1 Å². The molecule has 1 aliphatic heterocycles. The van der Waals surface area contributed by atoms with E-state index in [0.29, 0.717) is 26.5 Å². The van der Waals surface area contributed by atoms with Crippen LogP contribution in [0.5, 0.6) is 0 Å². The number of hydrogen-bond acceptors (Lipinski definition) is 3. The average molecular weight is 491 g/mol. The number of amides is 4. The van der Waals surface area contributed by atoms with Gasteiger partial charge in [-0.1, -0.05) is 42.5 Å². The molecule has 0 bridgehead atoms. The fourth-order valence-electron chi connectivity index (χ4n) is 4.96. The monoisotopic (exact) mass is 490 g/mol. The van der Waals surface area contributed by atoms with Crippen LogP contribution in [0.2, 0.25) is 10.0 Å². The highest BCUT2D eigenvalue weighted by Gasteiger charge is 2.57. The SMILES string of the molecule is CC1(C)[C@@H](N(O)C(=O)Nc2ccc(Cl)cc2)N(c2ccc(Cl)cc2)C(=O)N1C1CCCCC1. The second kappa shape index (κ2) is 9.41. The molecule has 2 aliphatic rings. The fraction of sp³-hybridized carbons (Fsp3) is 0.417. The van der Waals surface area contributed by atoms with Crippen LogP contribution >= 0.6 is 23.2 Å². The Labute approximate surface area is 203 Å². The van der Waals surface area contributed by atoms with Crippen LogP contribution in [0.25, 0.3) is 0 Å². The lowest BCUT2D eigenvalue weighted by molar-refractivity contribution is -0.0986. The van der Waals surface area contributed by atoms with E-state index in [-0.39, 0.29) is 12.1 Å². The molecule has 33 heavy (non-hydrogen) atoms. The molecule has 2 N–H and O–H groups in total. The van der Waals surface area contributed by atoms with E-state index < -0.39 is 17.7 Å². The molecule has 7 nitrogen and oxygen atoms in total. The molecule has 9 heteroatoms. The summed E-state index contributed by atoms with van der Waals surface area (Å²) in [6.07, 6.45) is 4.10. The van der Waals surface area contributed by atoms with Crippen LogP contribution in [0.15, 0.2) is 48.5 Å². The number of urea groups is 2. The van der Waals surface area contributed by atoms with E-state index in [9.17, 15) is 14.8 Å². The van der Waals surface area contributed by atoms with Crippen molar-refractivity contribution in [2.45, 2.75) is 63.7 Å². The van der Waals surface area contributed by atoms with Crippen molar-refractivity contribution in [2.75, 3.05) is 10.2 Å². The molecule has 176 valence electrons. The Kier molecular flexibility index (Phi) is 6.75. The number of benzene rings is 2. The van der Waals surface area contributed by atoms with Crippen molar-refractivity contribution in [3.63, 3.8) is 0 Å². The lowest BCUT2D eigenvalue weighted by Gasteiger charge is -2.42.